The predicted octanol–water partition coefficient (Wildman–Crippen LogP) is 1.68. The zero-order chi connectivity index (χ0) is 17.2. The van der Waals surface area contributed by atoms with E-state index in [2.05, 4.69) is 10.1 Å². The van der Waals surface area contributed by atoms with E-state index in [9.17, 15) is 14.4 Å². The summed E-state index contributed by atoms with van der Waals surface area (Å²) >= 11 is 0. The third-order valence-corrected chi connectivity index (χ3v) is 2.64. The van der Waals surface area contributed by atoms with Crippen molar-refractivity contribution in [2.45, 2.75) is 20.0 Å². The topological polar surface area (TPSA) is 90.9 Å². The zero-order valence-electron chi connectivity index (χ0n) is 13.2. The maximum atomic E-state index is 11.9. The van der Waals surface area contributed by atoms with Crippen LogP contribution < -0.4 is 10.1 Å². The molecule has 0 spiro atoms. The van der Waals surface area contributed by atoms with E-state index in [0.29, 0.717) is 11.4 Å². The molecule has 0 aliphatic carbocycles. The van der Waals surface area contributed by atoms with E-state index in [4.69, 9.17) is 9.47 Å². The van der Waals surface area contributed by atoms with Crippen LogP contribution in [0.3, 0.4) is 0 Å². The summed E-state index contributed by atoms with van der Waals surface area (Å²) in [6.07, 6.45) is 0.826. The molecule has 7 heteroatoms. The van der Waals surface area contributed by atoms with E-state index in [0.717, 1.165) is 12.2 Å². The summed E-state index contributed by atoms with van der Waals surface area (Å²) in [6.45, 7) is 3.28. The molecule has 124 valence electrons. The number of benzene rings is 1. The highest BCUT2D eigenvalue weighted by molar-refractivity contribution is 5.97. The fourth-order valence-electron chi connectivity index (χ4n) is 1.54. The molecule has 0 aliphatic rings. The molecule has 1 amide bonds. The summed E-state index contributed by atoms with van der Waals surface area (Å²) in [5.74, 6) is -1.38. The molecule has 1 aromatic rings. The number of esters is 2. The first kappa shape index (κ1) is 18.2. The van der Waals surface area contributed by atoms with Gasteiger partial charge in [0.05, 0.1) is 13.7 Å². The van der Waals surface area contributed by atoms with E-state index in [1.165, 1.54) is 14.0 Å². The van der Waals surface area contributed by atoms with Crippen LogP contribution in [-0.2, 0) is 23.9 Å². The summed E-state index contributed by atoms with van der Waals surface area (Å²) in [6, 6.07) is 6.76. The Morgan fingerprint density at radius 2 is 1.91 bits per heavy atom. The molecule has 7 nitrogen and oxygen atoms in total. The minimum Gasteiger partial charge on any atom is -0.497 e. The van der Waals surface area contributed by atoms with Gasteiger partial charge in [-0.15, -0.1) is 0 Å². The van der Waals surface area contributed by atoms with Gasteiger partial charge in [-0.3, -0.25) is 4.79 Å². The lowest BCUT2D eigenvalue weighted by Crippen LogP contribution is -2.29. The zero-order valence-corrected chi connectivity index (χ0v) is 13.2. The maximum absolute atomic E-state index is 11.9. The Morgan fingerprint density at radius 3 is 2.57 bits per heavy atom. The monoisotopic (exact) mass is 321 g/mol. The number of rotatable bonds is 7. The van der Waals surface area contributed by atoms with Crippen molar-refractivity contribution in [3.63, 3.8) is 0 Å². The van der Waals surface area contributed by atoms with Gasteiger partial charge < -0.3 is 19.5 Å². The SMILES string of the molecule is CCOC(=O)/C=C/C(=O)O[C@H](C)C(=O)Nc1cccc(OC)c1. The van der Waals surface area contributed by atoms with E-state index >= 15 is 0 Å². The van der Waals surface area contributed by atoms with E-state index in [1.54, 1.807) is 31.2 Å². The Bertz CT molecular complexity index is 596. The lowest BCUT2D eigenvalue weighted by Gasteiger charge is -2.12. The van der Waals surface area contributed by atoms with Crippen LogP contribution in [0.4, 0.5) is 5.69 Å². The number of hydrogen-bond acceptors (Lipinski definition) is 6. The van der Waals surface area contributed by atoms with Crippen LogP contribution in [0, 0.1) is 0 Å². The standard InChI is InChI=1S/C16H19NO6/c1-4-22-14(18)8-9-15(19)23-11(2)16(20)17-12-6-5-7-13(10-12)21-3/h5-11H,4H2,1-3H3,(H,17,20)/b9-8+/t11-/m1/s1. The Morgan fingerprint density at radius 1 is 1.22 bits per heavy atom. The third-order valence-electron chi connectivity index (χ3n) is 2.64. The van der Waals surface area contributed by atoms with Crippen LogP contribution in [0.15, 0.2) is 36.4 Å². The Hall–Kier alpha value is -2.83. The number of ether oxygens (including phenoxy) is 3. The van der Waals surface area contributed by atoms with Gasteiger partial charge in [0.15, 0.2) is 6.10 Å². The van der Waals surface area contributed by atoms with Crippen LogP contribution in [-0.4, -0.2) is 37.7 Å². The lowest BCUT2D eigenvalue weighted by molar-refractivity contribution is -0.148. The number of anilines is 1. The second-order valence-electron chi connectivity index (χ2n) is 4.39. The van der Waals surface area contributed by atoms with Crippen LogP contribution in [0.5, 0.6) is 5.75 Å². The molecule has 0 heterocycles. The van der Waals surface area contributed by atoms with Gasteiger partial charge in [-0.25, -0.2) is 9.59 Å². The van der Waals surface area contributed by atoms with E-state index < -0.39 is 23.9 Å². The van der Waals surface area contributed by atoms with Crippen molar-refractivity contribution in [2.75, 3.05) is 19.0 Å². The molecule has 0 unspecified atom stereocenters. The van der Waals surface area contributed by atoms with Gasteiger partial charge in [0.2, 0.25) is 0 Å². The Balaban J connectivity index is 2.53. The number of nitrogens with one attached hydrogen (secondary N) is 1. The number of carbonyl (C=O) groups is 3. The molecule has 1 rings (SSSR count). The molecule has 0 saturated carbocycles. The lowest BCUT2D eigenvalue weighted by atomic mass is 10.3. The highest BCUT2D eigenvalue weighted by Gasteiger charge is 2.17. The average Bonchev–Trinajstić information content (AvgIpc) is 2.53. The first-order chi connectivity index (χ1) is 11.0. The van der Waals surface area contributed by atoms with Crippen molar-refractivity contribution in [1.82, 2.24) is 0 Å². The van der Waals surface area contributed by atoms with Gasteiger partial charge in [0, 0.05) is 23.9 Å². The van der Waals surface area contributed by atoms with Crippen molar-refractivity contribution in [3.05, 3.63) is 36.4 Å². The number of methoxy groups -OCH3 is 1. The minimum atomic E-state index is -1.03. The molecular formula is C16H19NO6. The van der Waals surface area contributed by atoms with Crippen LogP contribution in [0.2, 0.25) is 0 Å². The minimum absolute atomic E-state index is 0.206. The van der Waals surface area contributed by atoms with Crippen molar-refractivity contribution < 1.29 is 28.6 Å². The highest BCUT2D eigenvalue weighted by atomic mass is 16.5. The summed E-state index contributed by atoms with van der Waals surface area (Å²) in [7, 11) is 1.52. The van der Waals surface area contributed by atoms with E-state index in [1.807, 2.05) is 0 Å². The summed E-state index contributed by atoms with van der Waals surface area (Å²) < 4.78 is 14.6. The second-order valence-corrected chi connectivity index (χ2v) is 4.39. The highest BCUT2D eigenvalue weighted by Crippen LogP contribution is 2.17. The van der Waals surface area contributed by atoms with Crippen LogP contribution >= 0.6 is 0 Å². The summed E-state index contributed by atoms with van der Waals surface area (Å²) in [4.78, 5) is 34.5. The normalized spacial score (nSPS) is 11.6. The maximum Gasteiger partial charge on any atom is 0.331 e. The Kier molecular flexibility index (Phi) is 7.32. The van der Waals surface area contributed by atoms with Crippen molar-refractivity contribution in [2.24, 2.45) is 0 Å². The molecule has 0 fully saturated rings. The molecule has 0 saturated heterocycles. The van der Waals surface area contributed by atoms with Crippen molar-refractivity contribution >= 4 is 23.5 Å². The summed E-state index contributed by atoms with van der Waals surface area (Å²) in [5.41, 5.74) is 0.513. The van der Waals surface area contributed by atoms with E-state index in [-0.39, 0.29) is 6.61 Å². The fraction of sp³-hybridized carbons (Fsp3) is 0.312. The van der Waals surface area contributed by atoms with Crippen molar-refractivity contribution in [1.29, 1.82) is 0 Å². The molecular weight excluding hydrogens is 302 g/mol. The number of carbonyl (C=O) groups excluding carboxylic acids is 3. The second kappa shape index (κ2) is 9.24. The van der Waals surface area contributed by atoms with Gasteiger partial charge >= 0.3 is 11.9 Å². The van der Waals surface area contributed by atoms with Crippen LogP contribution in [0.25, 0.3) is 0 Å². The largest absolute Gasteiger partial charge is 0.497 e. The van der Waals surface area contributed by atoms with Crippen molar-refractivity contribution in [3.8, 4) is 5.75 Å². The predicted molar refractivity (Wildman–Crippen MR) is 83.0 cm³/mol. The van der Waals surface area contributed by atoms with Gasteiger partial charge in [0.25, 0.3) is 5.91 Å². The van der Waals surface area contributed by atoms with Crippen LogP contribution in [0.1, 0.15) is 13.8 Å². The Labute approximate surface area is 134 Å². The van der Waals surface area contributed by atoms with Gasteiger partial charge in [-0.1, -0.05) is 6.07 Å². The fourth-order valence-corrected chi connectivity index (χ4v) is 1.54. The smallest absolute Gasteiger partial charge is 0.331 e. The van der Waals surface area contributed by atoms with Gasteiger partial charge in [-0.05, 0) is 26.0 Å². The van der Waals surface area contributed by atoms with Gasteiger partial charge in [0.1, 0.15) is 5.75 Å². The molecule has 23 heavy (non-hydrogen) atoms. The number of hydrogen-bond donors (Lipinski definition) is 1. The number of amides is 1. The molecule has 0 bridgehead atoms. The molecule has 0 radical (unpaired) electrons. The molecule has 1 aromatic carbocycles. The molecule has 0 aliphatic heterocycles. The summed E-state index contributed by atoms with van der Waals surface area (Å²) in [5, 5.41) is 2.60. The first-order valence-electron chi connectivity index (χ1n) is 6.96. The average molecular weight is 321 g/mol. The molecule has 0 aromatic heterocycles. The quantitative estimate of drug-likeness (QED) is 0.607. The first-order valence-corrected chi connectivity index (χ1v) is 6.96. The molecule has 1 atom stereocenters. The molecule has 1 N–H and O–H groups in total. The van der Waals surface area contributed by atoms with Gasteiger partial charge in [-0.2, -0.15) is 0 Å². The third kappa shape index (κ3) is 6.64.